The third kappa shape index (κ3) is 2.25. The van der Waals surface area contributed by atoms with Gasteiger partial charge in [0.25, 0.3) is 0 Å². The molecule has 0 unspecified atom stereocenters. The second kappa shape index (κ2) is 5.97. The maximum absolute atomic E-state index is 9.98. The highest BCUT2D eigenvalue weighted by atomic mass is 16.5. The molecule has 3 aliphatic rings. The lowest BCUT2D eigenvalue weighted by molar-refractivity contribution is -0.0653. The van der Waals surface area contributed by atoms with Crippen LogP contribution in [0.25, 0.3) is 16.9 Å². The number of aromatic nitrogens is 4. The molecule has 1 spiro atoms. The van der Waals surface area contributed by atoms with E-state index < -0.39 is 0 Å². The molecule has 0 aliphatic carbocycles. The number of morpholine rings is 1. The third-order valence-electron chi connectivity index (χ3n) is 6.57. The molecule has 3 saturated heterocycles. The van der Waals surface area contributed by atoms with Crippen molar-refractivity contribution in [3.63, 3.8) is 0 Å². The Bertz CT molecular complexity index is 1020. The second-order valence-electron chi connectivity index (χ2n) is 8.07. The molecule has 2 N–H and O–H groups in total. The summed E-state index contributed by atoms with van der Waals surface area (Å²) < 4.78 is 8.20. The number of aliphatic hydroxyl groups is 1. The van der Waals surface area contributed by atoms with Crippen molar-refractivity contribution in [1.82, 2.24) is 25.1 Å². The van der Waals surface area contributed by atoms with Crippen molar-refractivity contribution in [2.45, 2.75) is 11.7 Å². The summed E-state index contributed by atoms with van der Waals surface area (Å²) in [5, 5.41) is 26.6. The predicted octanol–water partition coefficient (Wildman–Crippen LogP) is 0.577. The van der Waals surface area contributed by atoms with Gasteiger partial charge in [0.15, 0.2) is 0 Å². The average Bonchev–Trinajstić information content (AvgIpc) is 3.38. The summed E-state index contributed by atoms with van der Waals surface area (Å²) in [5.41, 5.74) is 3.45. The summed E-state index contributed by atoms with van der Waals surface area (Å²) in [7, 11) is 0. The van der Waals surface area contributed by atoms with E-state index >= 15 is 0 Å². The van der Waals surface area contributed by atoms with E-state index in [1.165, 1.54) is 0 Å². The Morgan fingerprint density at radius 2 is 2.18 bits per heavy atom. The summed E-state index contributed by atoms with van der Waals surface area (Å²) in [6.45, 7) is 3.42. The molecule has 144 valence electrons. The lowest BCUT2D eigenvalue weighted by atomic mass is 9.83. The van der Waals surface area contributed by atoms with Crippen LogP contribution in [-0.2, 0) is 4.74 Å². The standard InChI is InChI=1S/C20H22N6O2/c27-9-14-15-8-25(11-20(15)10-21-7-18(14)28-20)17-6-16(13-4-2-1-3-5-13)24-26-12-22-23-19(17)26/h1-6,12,14-15,18,21,27H,7-11H2/t14-,15+,18+,20+/m0/s1. The van der Waals surface area contributed by atoms with E-state index in [9.17, 15) is 5.11 Å². The molecular weight excluding hydrogens is 356 g/mol. The SMILES string of the molecule is OC[C@H]1[C@H]2CN(c3cc(-c4ccccc4)nn4cnnc34)C[C@]23CNC[C@H]1O3. The van der Waals surface area contributed by atoms with Gasteiger partial charge in [0, 0.05) is 50.2 Å². The van der Waals surface area contributed by atoms with Crippen molar-refractivity contribution >= 4 is 11.3 Å². The Labute approximate surface area is 162 Å². The molecule has 5 heterocycles. The van der Waals surface area contributed by atoms with Crippen LogP contribution in [0.1, 0.15) is 0 Å². The Morgan fingerprint density at radius 3 is 3.04 bits per heavy atom. The van der Waals surface area contributed by atoms with Crippen LogP contribution in [0.2, 0.25) is 0 Å². The zero-order chi connectivity index (χ0) is 18.7. The van der Waals surface area contributed by atoms with Gasteiger partial charge in [-0.25, -0.2) is 0 Å². The molecule has 0 saturated carbocycles. The summed E-state index contributed by atoms with van der Waals surface area (Å²) >= 11 is 0. The van der Waals surface area contributed by atoms with Gasteiger partial charge in [-0.1, -0.05) is 30.3 Å². The normalized spacial score (nSPS) is 31.5. The quantitative estimate of drug-likeness (QED) is 0.689. The smallest absolute Gasteiger partial charge is 0.200 e. The van der Waals surface area contributed by atoms with Crippen molar-refractivity contribution in [3.8, 4) is 11.3 Å². The summed E-state index contributed by atoms with van der Waals surface area (Å²) in [6.07, 6.45) is 1.75. The van der Waals surface area contributed by atoms with Crippen molar-refractivity contribution in [1.29, 1.82) is 0 Å². The molecule has 0 amide bonds. The summed E-state index contributed by atoms with van der Waals surface area (Å²) in [5.74, 6) is 0.470. The van der Waals surface area contributed by atoms with Gasteiger partial charge in [0.2, 0.25) is 5.65 Å². The van der Waals surface area contributed by atoms with Crippen LogP contribution in [0.4, 0.5) is 5.69 Å². The highest BCUT2D eigenvalue weighted by Gasteiger charge is 2.60. The van der Waals surface area contributed by atoms with Crippen LogP contribution < -0.4 is 10.2 Å². The number of aliphatic hydroxyl groups excluding tert-OH is 1. The fraction of sp³-hybridized carbons (Fsp3) is 0.450. The first-order valence-corrected chi connectivity index (χ1v) is 9.78. The molecule has 3 aromatic rings. The van der Waals surface area contributed by atoms with E-state index in [0.717, 1.165) is 48.8 Å². The van der Waals surface area contributed by atoms with E-state index in [1.807, 2.05) is 18.2 Å². The Balaban J connectivity index is 1.43. The van der Waals surface area contributed by atoms with Crippen molar-refractivity contribution in [3.05, 3.63) is 42.7 Å². The van der Waals surface area contributed by atoms with Crippen molar-refractivity contribution in [2.75, 3.05) is 37.7 Å². The number of benzene rings is 1. The maximum Gasteiger partial charge on any atom is 0.200 e. The molecule has 4 atom stereocenters. The Morgan fingerprint density at radius 1 is 1.29 bits per heavy atom. The molecule has 8 nitrogen and oxygen atoms in total. The second-order valence-corrected chi connectivity index (χ2v) is 8.07. The molecule has 8 heteroatoms. The van der Waals surface area contributed by atoms with Crippen LogP contribution in [-0.4, -0.2) is 69.4 Å². The first-order valence-electron chi connectivity index (χ1n) is 9.78. The van der Waals surface area contributed by atoms with Crippen LogP contribution in [0.5, 0.6) is 0 Å². The minimum atomic E-state index is -0.247. The zero-order valence-corrected chi connectivity index (χ0v) is 15.4. The topological polar surface area (TPSA) is 87.8 Å². The predicted molar refractivity (Wildman–Crippen MR) is 103 cm³/mol. The third-order valence-corrected chi connectivity index (χ3v) is 6.57. The first kappa shape index (κ1) is 16.4. The fourth-order valence-corrected chi connectivity index (χ4v) is 5.28. The number of hydrogen-bond donors (Lipinski definition) is 2. The molecule has 28 heavy (non-hydrogen) atoms. The Kier molecular flexibility index (Phi) is 3.50. The van der Waals surface area contributed by atoms with Crippen LogP contribution >= 0.6 is 0 Å². The van der Waals surface area contributed by atoms with Crippen LogP contribution in [0.15, 0.2) is 42.7 Å². The average molecular weight is 378 g/mol. The minimum absolute atomic E-state index is 0.108. The molecule has 2 aromatic heterocycles. The number of ether oxygens (including phenoxy) is 1. The van der Waals surface area contributed by atoms with Gasteiger partial charge in [-0.05, 0) is 6.07 Å². The van der Waals surface area contributed by atoms with Gasteiger partial charge in [-0.3, -0.25) is 0 Å². The van der Waals surface area contributed by atoms with E-state index in [2.05, 4.69) is 43.7 Å². The molecule has 3 fully saturated rings. The van der Waals surface area contributed by atoms with Crippen molar-refractivity contribution in [2.24, 2.45) is 11.8 Å². The molecule has 3 aliphatic heterocycles. The van der Waals surface area contributed by atoms with Crippen LogP contribution in [0, 0.1) is 11.8 Å². The van der Waals surface area contributed by atoms with Gasteiger partial charge >= 0.3 is 0 Å². The van der Waals surface area contributed by atoms with Crippen LogP contribution in [0.3, 0.4) is 0 Å². The number of hydrogen-bond acceptors (Lipinski definition) is 7. The van der Waals surface area contributed by atoms with E-state index in [0.29, 0.717) is 5.92 Å². The van der Waals surface area contributed by atoms with Gasteiger partial charge in [0.05, 0.1) is 17.5 Å². The van der Waals surface area contributed by atoms with Gasteiger partial charge in [-0.15, -0.1) is 10.2 Å². The molecule has 2 bridgehead atoms. The van der Waals surface area contributed by atoms with E-state index in [-0.39, 0.29) is 24.2 Å². The minimum Gasteiger partial charge on any atom is -0.396 e. The largest absolute Gasteiger partial charge is 0.396 e. The lowest BCUT2D eigenvalue weighted by Gasteiger charge is -2.34. The highest BCUT2D eigenvalue weighted by Crippen LogP contribution is 2.48. The molecular formula is C20H22N6O2. The summed E-state index contributed by atoms with van der Waals surface area (Å²) in [4.78, 5) is 2.33. The maximum atomic E-state index is 9.98. The number of anilines is 1. The van der Waals surface area contributed by atoms with Crippen molar-refractivity contribution < 1.29 is 9.84 Å². The van der Waals surface area contributed by atoms with Gasteiger partial charge < -0.3 is 20.1 Å². The van der Waals surface area contributed by atoms with E-state index in [4.69, 9.17) is 4.74 Å². The first-order chi connectivity index (χ1) is 13.8. The van der Waals surface area contributed by atoms with Gasteiger partial charge in [-0.2, -0.15) is 9.61 Å². The summed E-state index contributed by atoms with van der Waals surface area (Å²) in [6, 6.07) is 12.2. The fourth-order valence-electron chi connectivity index (χ4n) is 5.28. The molecule has 6 rings (SSSR count). The highest BCUT2D eigenvalue weighted by molar-refractivity contribution is 5.75. The number of rotatable bonds is 3. The molecule has 0 radical (unpaired) electrons. The zero-order valence-electron chi connectivity index (χ0n) is 15.4. The molecule has 1 aromatic carbocycles. The number of nitrogens with zero attached hydrogens (tertiary/aromatic N) is 5. The number of nitrogens with one attached hydrogen (secondary N) is 1. The van der Waals surface area contributed by atoms with E-state index in [1.54, 1.807) is 10.8 Å². The Hall–Kier alpha value is -2.55. The number of fused-ring (bicyclic) bond motifs is 2. The lowest BCUT2D eigenvalue weighted by Crippen LogP contribution is -2.52. The monoisotopic (exact) mass is 378 g/mol. The van der Waals surface area contributed by atoms with Gasteiger partial charge in [0.1, 0.15) is 11.9 Å².